The molecule has 0 amide bonds. The van der Waals surface area contributed by atoms with Gasteiger partial charge in [0.2, 0.25) is 0 Å². The van der Waals surface area contributed by atoms with Crippen molar-refractivity contribution in [3.63, 3.8) is 0 Å². The first-order valence-electron chi connectivity index (χ1n) is 7.71. The largest absolute Gasteiger partial charge is 0.317 e. The number of allylic oxidation sites excluding steroid dienone is 8. The lowest BCUT2D eigenvalue weighted by molar-refractivity contribution is 0.543. The van der Waals surface area contributed by atoms with Gasteiger partial charge in [-0.05, 0) is 67.0 Å². The van der Waals surface area contributed by atoms with Gasteiger partial charge in [-0.1, -0.05) is 44.7 Å². The van der Waals surface area contributed by atoms with Gasteiger partial charge in [0.1, 0.15) is 0 Å². The summed E-state index contributed by atoms with van der Waals surface area (Å²) >= 11 is 0. The predicted octanol–water partition coefficient (Wildman–Crippen LogP) is 4.71. The van der Waals surface area contributed by atoms with Crippen molar-refractivity contribution in [3.05, 3.63) is 58.7 Å². The van der Waals surface area contributed by atoms with E-state index in [0.717, 1.165) is 19.3 Å². The van der Waals surface area contributed by atoms with Crippen molar-refractivity contribution < 1.29 is 0 Å². The quantitative estimate of drug-likeness (QED) is 0.762. The topological polar surface area (TPSA) is 12.0 Å². The molecular weight excluding hydrogens is 242 g/mol. The summed E-state index contributed by atoms with van der Waals surface area (Å²) in [6.45, 7) is 11.0. The monoisotopic (exact) mass is 269 g/mol. The van der Waals surface area contributed by atoms with Crippen LogP contribution >= 0.6 is 0 Å². The highest BCUT2D eigenvalue weighted by Gasteiger charge is 2.22. The Morgan fingerprint density at radius 1 is 1.40 bits per heavy atom. The Kier molecular flexibility index (Phi) is 4.82. The van der Waals surface area contributed by atoms with Crippen LogP contribution in [0.3, 0.4) is 0 Å². The van der Waals surface area contributed by atoms with Crippen LogP contribution in [0.25, 0.3) is 0 Å². The molecular formula is C19H27N. The van der Waals surface area contributed by atoms with Crippen molar-refractivity contribution in [3.8, 4) is 0 Å². The molecule has 20 heavy (non-hydrogen) atoms. The number of hydrogen-bond donors (Lipinski definition) is 1. The van der Waals surface area contributed by atoms with E-state index in [1.54, 1.807) is 0 Å². The lowest BCUT2D eigenvalue weighted by atomic mass is 9.94. The first kappa shape index (κ1) is 15.1. The summed E-state index contributed by atoms with van der Waals surface area (Å²) in [6.07, 6.45) is 12.4. The van der Waals surface area contributed by atoms with E-state index in [4.69, 9.17) is 0 Å². The Balaban J connectivity index is 2.17. The van der Waals surface area contributed by atoms with Crippen LogP contribution in [0, 0.1) is 5.92 Å². The second-order valence-electron chi connectivity index (χ2n) is 6.00. The van der Waals surface area contributed by atoms with Crippen LogP contribution in [0.15, 0.2) is 58.7 Å². The first-order valence-corrected chi connectivity index (χ1v) is 7.71. The highest BCUT2D eigenvalue weighted by atomic mass is 14.9. The molecule has 0 saturated carbocycles. The summed E-state index contributed by atoms with van der Waals surface area (Å²) in [4.78, 5) is 0. The average Bonchev–Trinajstić information content (AvgIpc) is 2.64. The van der Waals surface area contributed by atoms with Gasteiger partial charge in [-0.25, -0.2) is 0 Å². The molecule has 2 unspecified atom stereocenters. The van der Waals surface area contributed by atoms with E-state index in [-0.39, 0.29) is 0 Å². The second kappa shape index (κ2) is 6.41. The number of rotatable bonds is 5. The van der Waals surface area contributed by atoms with Crippen molar-refractivity contribution in [2.75, 3.05) is 7.05 Å². The number of hydrogen-bond acceptors (Lipinski definition) is 1. The van der Waals surface area contributed by atoms with E-state index >= 15 is 0 Å². The molecule has 0 aliphatic heterocycles. The molecule has 0 bridgehead atoms. The Hall–Kier alpha value is -1.34. The van der Waals surface area contributed by atoms with Crippen LogP contribution < -0.4 is 5.32 Å². The zero-order valence-electron chi connectivity index (χ0n) is 13.3. The SMILES string of the molecule is C=C(CC(CC)NC)C1=C(C)C2=C(C=CC(C)C=C2)C1. The Labute approximate surface area is 123 Å². The molecule has 2 rings (SSSR count). The van der Waals surface area contributed by atoms with E-state index < -0.39 is 0 Å². The third-order valence-corrected chi connectivity index (χ3v) is 4.56. The van der Waals surface area contributed by atoms with Crippen LogP contribution in [0.5, 0.6) is 0 Å². The van der Waals surface area contributed by atoms with E-state index in [1.165, 1.54) is 27.9 Å². The Morgan fingerprint density at radius 3 is 2.75 bits per heavy atom. The maximum absolute atomic E-state index is 4.35. The molecule has 1 heteroatoms. The molecule has 0 heterocycles. The summed E-state index contributed by atoms with van der Waals surface area (Å²) in [7, 11) is 2.04. The predicted molar refractivity (Wildman–Crippen MR) is 88.7 cm³/mol. The minimum Gasteiger partial charge on any atom is -0.317 e. The molecule has 2 atom stereocenters. The Bertz CT molecular complexity index is 510. The van der Waals surface area contributed by atoms with Gasteiger partial charge in [0.25, 0.3) is 0 Å². The lowest BCUT2D eigenvalue weighted by Crippen LogP contribution is -2.24. The van der Waals surface area contributed by atoms with E-state index in [2.05, 4.69) is 57.0 Å². The summed E-state index contributed by atoms with van der Waals surface area (Å²) in [5.41, 5.74) is 7.04. The van der Waals surface area contributed by atoms with Gasteiger partial charge >= 0.3 is 0 Å². The fourth-order valence-electron chi connectivity index (χ4n) is 3.04. The summed E-state index contributed by atoms with van der Waals surface area (Å²) in [5.74, 6) is 0.536. The van der Waals surface area contributed by atoms with Gasteiger partial charge in [-0.15, -0.1) is 0 Å². The van der Waals surface area contributed by atoms with Gasteiger partial charge in [0.15, 0.2) is 0 Å². The standard InChI is InChI=1S/C19H27N/c1-6-17(20-5)11-14(3)19-12-16-9-7-13(2)8-10-18(16)15(19)4/h7-10,13,17,20H,3,6,11-12H2,1-2,4-5H3. The summed E-state index contributed by atoms with van der Waals surface area (Å²) in [6, 6.07) is 0.536. The highest BCUT2D eigenvalue weighted by Crippen LogP contribution is 2.39. The molecule has 0 spiro atoms. The maximum atomic E-state index is 4.35. The molecule has 0 fully saturated rings. The molecule has 1 nitrogen and oxygen atoms in total. The molecule has 2 aliphatic carbocycles. The van der Waals surface area contributed by atoms with Gasteiger partial charge in [-0.3, -0.25) is 0 Å². The zero-order chi connectivity index (χ0) is 14.7. The molecule has 1 N–H and O–H groups in total. The fourth-order valence-corrected chi connectivity index (χ4v) is 3.04. The van der Waals surface area contributed by atoms with E-state index in [1.807, 2.05) is 7.05 Å². The summed E-state index contributed by atoms with van der Waals surface area (Å²) < 4.78 is 0. The summed E-state index contributed by atoms with van der Waals surface area (Å²) in [5, 5.41) is 3.37. The van der Waals surface area contributed by atoms with Crippen molar-refractivity contribution >= 4 is 0 Å². The fraction of sp³-hybridized carbons (Fsp3) is 0.474. The molecule has 108 valence electrons. The average molecular weight is 269 g/mol. The molecule has 0 aromatic carbocycles. The van der Waals surface area contributed by atoms with E-state index in [9.17, 15) is 0 Å². The maximum Gasteiger partial charge on any atom is 0.0102 e. The van der Waals surface area contributed by atoms with Crippen LogP contribution in [0.2, 0.25) is 0 Å². The van der Waals surface area contributed by atoms with Crippen LogP contribution in [-0.2, 0) is 0 Å². The normalized spacial score (nSPS) is 23.1. The smallest absolute Gasteiger partial charge is 0.0102 e. The Morgan fingerprint density at radius 2 is 2.10 bits per heavy atom. The van der Waals surface area contributed by atoms with Crippen molar-refractivity contribution in [2.24, 2.45) is 5.92 Å². The van der Waals surface area contributed by atoms with Gasteiger partial charge < -0.3 is 5.32 Å². The molecule has 0 aromatic rings. The van der Waals surface area contributed by atoms with Crippen LogP contribution in [-0.4, -0.2) is 13.1 Å². The first-order chi connectivity index (χ1) is 9.56. The molecule has 0 radical (unpaired) electrons. The number of nitrogens with one attached hydrogen (secondary N) is 1. The van der Waals surface area contributed by atoms with Gasteiger partial charge in [0.05, 0.1) is 0 Å². The van der Waals surface area contributed by atoms with Crippen molar-refractivity contribution in [2.45, 2.75) is 46.1 Å². The minimum atomic E-state index is 0.536. The van der Waals surface area contributed by atoms with Crippen molar-refractivity contribution in [1.82, 2.24) is 5.32 Å². The highest BCUT2D eigenvalue weighted by molar-refractivity contribution is 5.60. The zero-order valence-corrected chi connectivity index (χ0v) is 13.3. The molecule has 0 saturated heterocycles. The van der Waals surface area contributed by atoms with Crippen LogP contribution in [0.4, 0.5) is 0 Å². The molecule has 0 aromatic heterocycles. The van der Waals surface area contributed by atoms with Crippen molar-refractivity contribution in [1.29, 1.82) is 0 Å². The second-order valence-corrected chi connectivity index (χ2v) is 6.00. The van der Waals surface area contributed by atoms with Crippen LogP contribution in [0.1, 0.15) is 40.0 Å². The van der Waals surface area contributed by atoms with Gasteiger partial charge in [-0.2, -0.15) is 0 Å². The third-order valence-electron chi connectivity index (χ3n) is 4.56. The van der Waals surface area contributed by atoms with Gasteiger partial charge in [0, 0.05) is 6.04 Å². The lowest BCUT2D eigenvalue weighted by Gasteiger charge is -2.17. The third kappa shape index (κ3) is 3.04. The minimum absolute atomic E-state index is 0.536. The molecule has 2 aliphatic rings. The van der Waals surface area contributed by atoms with E-state index in [0.29, 0.717) is 12.0 Å².